The number of esters is 1. The number of ether oxygens (including phenoxy) is 2. The lowest BCUT2D eigenvalue weighted by molar-refractivity contribution is -0.147. The summed E-state index contributed by atoms with van der Waals surface area (Å²) >= 11 is 9.16. The number of rotatable bonds is 10. The van der Waals surface area contributed by atoms with Crippen LogP contribution in [0.2, 0.25) is 5.02 Å². The summed E-state index contributed by atoms with van der Waals surface area (Å²) in [7, 11) is 0. The van der Waals surface area contributed by atoms with Crippen LogP contribution in [0.5, 0.6) is 11.5 Å². The molecule has 2 amide bonds. The van der Waals surface area contributed by atoms with Gasteiger partial charge in [0, 0.05) is 33.7 Å². The molecule has 0 spiro atoms. The van der Waals surface area contributed by atoms with Crippen molar-refractivity contribution in [3.63, 3.8) is 0 Å². The molecule has 0 fully saturated rings. The highest BCUT2D eigenvalue weighted by Crippen LogP contribution is 2.24. The summed E-state index contributed by atoms with van der Waals surface area (Å²) in [6.45, 7) is -0.400. The molecule has 0 heterocycles. The van der Waals surface area contributed by atoms with Crippen molar-refractivity contribution in [1.29, 1.82) is 0 Å². The number of hydrogen-bond donors (Lipinski definition) is 2. The lowest BCUT2D eigenvalue weighted by Crippen LogP contribution is -2.21. The predicted molar refractivity (Wildman–Crippen MR) is 134 cm³/mol. The molecule has 7 nitrogen and oxygen atoms in total. The minimum absolute atomic E-state index is 0.0294. The van der Waals surface area contributed by atoms with Gasteiger partial charge in [-0.15, -0.1) is 0 Å². The molecule has 0 aliphatic heterocycles. The van der Waals surface area contributed by atoms with Crippen molar-refractivity contribution in [3.8, 4) is 11.5 Å². The third-order valence-electron chi connectivity index (χ3n) is 4.46. The predicted octanol–water partition coefficient (Wildman–Crippen LogP) is 6.19. The van der Waals surface area contributed by atoms with Crippen LogP contribution >= 0.6 is 27.5 Å². The first-order valence-corrected chi connectivity index (χ1v) is 11.6. The molecular formula is C25H22BrClN2O5. The maximum absolute atomic E-state index is 12.1. The van der Waals surface area contributed by atoms with Gasteiger partial charge in [-0.1, -0.05) is 27.5 Å². The van der Waals surface area contributed by atoms with Crippen molar-refractivity contribution >= 4 is 56.7 Å². The van der Waals surface area contributed by atoms with Gasteiger partial charge in [0.05, 0.1) is 0 Å². The SMILES string of the molecule is O=C(CCCC(=O)OCC(=O)Nc1ccc(Cl)cc1)Nc1ccc(Oc2ccc(Br)cc2)cc1. The zero-order chi connectivity index (χ0) is 24.3. The molecular weight excluding hydrogens is 524 g/mol. The van der Waals surface area contributed by atoms with E-state index in [4.69, 9.17) is 21.1 Å². The Labute approximate surface area is 210 Å². The Bertz CT molecular complexity index is 1120. The molecule has 176 valence electrons. The van der Waals surface area contributed by atoms with Crippen molar-refractivity contribution in [3.05, 3.63) is 82.3 Å². The number of hydrogen-bond acceptors (Lipinski definition) is 5. The smallest absolute Gasteiger partial charge is 0.306 e. The van der Waals surface area contributed by atoms with Gasteiger partial charge in [0.2, 0.25) is 5.91 Å². The highest BCUT2D eigenvalue weighted by molar-refractivity contribution is 9.10. The molecule has 0 radical (unpaired) electrons. The maximum atomic E-state index is 12.1. The molecule has 0 aliphatic carbocycles. The van der Waals surface area contributed by atoms with Crippen LogP contribution in [0.15, 0.2) is 77.3 Å². The Balaban J connectivity index is 1.32. The lowest BCUT2D eigenvalue weighted by Gasteiger charge is -2.09. The van der Waals surface area contributed by atoms with E-state index in [0.717, 1.165) is 4.47 Å². The molecule has 0 saturated carbocycles. The van der Waals surface area contributed by atoms with E-state index in [2.05, 4.69) is 26.6 Å². The largest absolute Gasteiger partial charge is 0.457 e. The molecule has 0 aliphatic rings. The molecule has 3 rings (SSSR count). The van der Waals surface area contributed by atoms with E-state index in [1.54, 1.807) is 48.5 Å². The average Bonchev–Trinajstić information content (AvgIpc) is 2.82. The van der Waals surface area contributed by atoms with Gasteiger partial charge < -0.3 is 20.1 Å². The summed E-state index contributed by atoms with van der Waals surface area (Å²) in [4.78, 5) is 35.8. The van der Waals surface area contributed by atoms with E-state index in [9.17, 15) is 14.4 Å². The van der Waals surface area contributed by atoms with Crippen LogP contribution < -0.4 is 15.4 Å². The van der Waals surface area contributed by atoms with Gasteiger partial charge in [0.15, 0.2) is 6.61 Å². The van der Waals surface area contributed by atoms with Crippen molar-refractivity contribution in [2.45, 2.75) is 19.3 Å². The monoisotopic (exact) mass is 544 g/mol. The third kappa shape index (κ3) is 8.88. The lowest BCUT2D eigenvalue weighted by atomic mass is 10.2. The quantitative estimate of drug-likeness (QED) is 0.297. The van der Waals surface area contributed by atoms with Crippen LogP contribution in [0.1, 0.15) is 19.3 Å². The zero-order valence-electron chi connectivity index (χ0n) is 18.1. The summed E-state index contributed by atoms with van der Waals surface area (Å²) in [6.07, 6.45) is 0.471. The Kier molecular flexibility index (Phi) is 9.49. The van der Waals surface area contributed by atoms with Crippen LogP contribution in [-0.2, 0) is 19.1 Å². The van der Waals surface area contributed by atoms with Gasteiger partial charge >= 0.3 is 5.97 Å². The summed E-state index contributed by atoms with van der Waals surface area (Å²) in [5.41, 5.74) is 1.17. The molecule has 3 aromatic carbocycles. The molecule has 0 aromatic heterocycles. The van der Waals surface area contributed by atoms with Crippen molar-refractivity contribution in [2.24, 2.45) is 0 Å². The Morgan fingerprint density at radius 1 is 0.735 bits per heavy atom. The average molecular weight is 546 g/mol. The number of anilines is 2. The van der Waals surface area contributed by atoms with E-state index in [1.165, 1.54) is 0 Å². The highest BCUT2D eigenvalue weighted by Gasteiger charge is 2.10. The van der Waals surface area contributed by atoms with Crippen LogP contribution in [0.4, 0.5) is 11.4 Å². The fourth-order valence-electron chi connectivity index (χ4n) is 2.81. The second kappa shape index (κ2) is 12.8. The van der Waals surface area contributed by atoms with Crippen LogP contribution in [0.3, 0.4) is 0 Å². The first kappa shape index (κ1) is 25.3. The first-order valence-electron chi connectivity index (χ1n) is 10.4. The highest BCUT2D eigenvalue weighted by atomic mass is 79.9. The zero-order valence-corrected chi connectivity index (χ0v) is 20.4. The first-order chi connectivity index (χ1) is 16.4. The number of halogens is 2. The summed E-state index contributed by atoms with van der Waals surface area (Å²) < 4.78 is 11.7. The number of carbonyl (C=O) groups excluding carboxylic acids is 3. The van der Waals surface area contributed by atoms with E-state index in [-0.39, 0.29) is 18.7 Å². The second-order valence-electron chi connectivity index (χ2n) is 7.20. The minimum atomic E-state index is -0.548. The molecule has 0 atom stereocenters. The molecule has 3 aromatic rings. The summed E-state index contributed by atoms with van der Waals surface area (Å²) in [5.74, 6) is 0.113. The Morgan fingerprint density at radius 2 is 1.26 bits per heavy atom. The van der Waals surface area contributed by atoms with Gasteiger partial charge in [-0.25, -0.2) is 0 Å². The maximum Gasteiger partial charge on any atom is 0.306 e. The summed E-state index contributed by atoms with van der Waals surface area (Å²) in [6, 6.07) is 21.0. The molecule has 0 saturated heterocycles. The number of amides is 2. The van der Waals surface area contributed by atoms with Gasteiger partial charge in [0.25, 0.3) is 5.91 Å². The van der Waals surface area contributed by atoms with Gasteiger partial charge in [0.1, 0.15) is 11.5 Å². The molecule has 0 bridgehead atoms. The van der Waals surface area contributed by atoms with Crippen LogP contribution in [-0.4, -0.2) is 24.4 Å². The fraction of sp³-hybridized carbons (Fsp3) is 0.160. The molecule has 0 unspecified atom stereocenters. The van der Waals surface area contributed by atoms with Crippen molar-refractivity contribution in [1.82, 2.24) is 0 Å². The minimum Gasteiger partial charge on any atom is -0.457 e. The molecule has 2 N–H and O–H groups in total. The normalized spacial score (nSPS) is 10.3. The van der Waals surface area contributed by atoms with Gasteiger partial charge in [-0.3, -0.25) is 14.4 Å². The standard InChI is InChI=1S/C25H22BrClN2O5/c26-17-4-12-21(13-5-17)34-22-14-10-20(11-15-22)28-23(30)2-1-3-25(32)33-16-24(31)29-19-8-6-18(27)7-9-19/h4-15H,1-3,16H2,(H,28,30)(H,29,31). The second-order valence-corrected chi connectivity index (χ2v) is 8.55. The Morgan fingerprint density at radius 3 is 1.88 bits per heavy atom. The van der Waals surface area contributed by atoms with Crippen molar-refractivity contribution < 1.29 is 23.9 Å². The number of nitrogens with one attached hydrogen (secondary N) is 2. The van der Waals surface area contributed by atoms with E-state index in [1.807, 2.05) is 24.3 Å². The van der Waals surface area contributed by atoms with Crippen molar-refractivity contribution in [2.75, 3.05) is 17.2 Å². The summed E-state index contributed by atoms with van der Waals surface area (Å²) in [5, 5.41) is 5.92. The van der Waals surface area contributed by atoms with E-state index >= 15 is 0 Å². The van der Waals surface area contributed by atoms with Gasteiger partial charge in [-0.2, -0.15) is 0 Å². The molecule has 34 heavy (non-hydrogen) atoms. The third-order valence-corrected chi connectivity index (χ3v) is 5.25. The topological polar surface area (TPSA) is 93.7 Å². The van der Waals surface area contributed by atoms with Crippen LogP contribution in [0, 0.1) is 0 Å². The number of carbonyl (C=O) groups is 3. The van der Waals surface area contributed by atoms with Gasteiger partial charge in [-0.05, 0) is 79.2 Å². The van der Waals surface area contributed by atoms with E-state index in [0.29, 0.717) is 34.3 Å². The van der Waals surface area contributed by atoms with Crippen LogP contribution in [0.25, 0.3) is 0 Å². The number of benzene rings is 3. The Hall–Kier alpha value is -3.36. The van der Waals surface area contributed by atoms with E-state index < -0.39 is 18.5 Å². The fourth-order valence-corrected chi connectivity index (χ4v) is 3.20. The molecule has 9 heteroatoms.